The molecule has 0 radical (unpaired) electrons. The quantitative estimate of drug-likeness (QED) is 0.853. The van der Waals surface area contributed by atoms with Crippen LogP contribution in [0.5, 0.6) is 0 Å². The maximum atomic E-state index is 12.5. The first-order chi connectivity index (χ1) is 13.1. The Hall–Kier alpha value is -2.17. The Morgan fingerprint density at radius 3 is 2.26 bits per heavy atom. The number of benzene rings is 2. The highest BCUT2D eigenvalue weighted by molar-refractivity contribution is 5.94. The Morgan fingerprint density at radius 1 is 1.00 bits per heavy atom. The van der Waals surface area contributed by atoms with Crippen LogP contribution in [0.2, 0.25) is 0 Å². The Balaban J connectivity index is 1.58. The van der Waals surface area contributed by atoms with Crippen LogP contribution in [0.1, 0.15) is 29.3 Å². The minimum absolute atomic E-state index is 0.00136. The van der Waals surface area contributed by atoms with E-state index in [4.69, 9.17) is 0 Å². The molecule has 1 atom stereocenters. The molecule has 0 spiro atoms. The summed E-state index contributed by atoms with van der Waals surface area (Å²) in [4.78, 5) is 17.1. The fraction of sp³-hybridized carbons (Fsp3) is 0.435. The number of likely N-dealkylation sites (N-methyl/N-ethyl adjacent to an activating group) is 2. The van der Waals surface area contributed by atoms with E-state index in [0.29, 0.717) is 18.2 Å². The summed E-state index contributed by atoms with van der Waals surface area (Å²) in [5, 5.41) is 3.09. The molecule has 4 heteroatoms. The van der Waals surface area contributed by atoms with Gasteiger partial charge in [-0.05, 0) is 49.3 Å². The van der Waals surface area contributed by atoms with Gasteiger partial charge in [-0.3, -0.25) is 9.69 Å². The van der Waals surface area contributed by atoms with Gasteiger partial charge in [0.25, 0.3) is 5.91 Å². The number of rotatable bonds is 6. The normalized spacial score (nSPS) is 18.4. The zero-order chi connectivity index (χ0) is 19.2. The molecule has 27 heavy (non-hydrogen) atoms. The summed E-state index contributed by atoms with van der Waals surface area (Å²) in [6.07, 6.45) is 2.28. The summed E-state index contributed by atoms with van der Waals surface area (Å²) < 4.78 is 0. The van der Waals surface area contributed by atoms with Crippen LogP contribution in [0.25, 0.3) is 11.1 Å². The van der Waals surface area contributed by atoms with Gasteiger partial charge in [0.05, 0.1) is 0 Å². The molecule has 0 aromatic heterocycles. The molecule has 1 saturated heterocycles. The first-order valence-corrected chi connectivity index (χ1v) is 9.93. The maximum Gasteiger partial charge on any atom is 0.251 e. The number of aryl methyl sites for hydroxylation is 1. The van der Waals surface area contributed by atoms with Crippen molar-refractivity contribution in [3.05, 3.63) is 59.7 Å². The van der Waals surface area contributed by atoms with Crippen molar-refractivity contribution in [1.82, 2.24) is 15.1 Å². The lowest BCUT2D eigenvalue weighted by Gasteiger charge is -2.37. The molecular formula is C23H31N3O. The summed E-state index contributed by atoms with van der Waals surface area (Å²) in [5.74, 6) is 0.00136. The third kappa shape index (κ3) is 5.18. The SMILES string of the molecule is CCCc1ccc(-c2ccc(C(=O)NCC3CN(C)CCN3C)cc2)cc1. The predicted octanol–water partition coefficient (Wildman–Crippen LogP) is 3.28. The van der Waals surface area contributed by atoms with E-state index in [1.807, 2.05) is 24.3 Å². The summed E-state index contributed by atoms with van der Waals surface area (Å²) >= 11 is 0. The molecule has 1 fully saturated rings. The minimum Gasteiger partial charge on any atom is -0.350 e. The number of piperazine rings is 1. The molecule has 0 bridgehead atoms. The highest BCUT2D eigenvalue weighted by atomic mass is 16.1. The van der Waals surface area contributed by atoms with Gasteiger partial charge >= 0.3 is 0 Å². The third-order valence-corrected chi connectivity index (χ3v) is 5.45. The lowest BCUT2D eigenvalue weighted by Crippen LogP contribution is -2.54. The van der Waals surface area contributed by atoms with Crippen LogP contribution < -0.4 is 5.32 Å². The van der Waals surface area contributed by atoms with Gasteiger partial charge in [0.15, 0.2) is 0 Å². The van der Waals surface area contributed by atoms with Crippen molar-refractivity contribution in [2.45, 2.75) is 25.8 Å². The molecule has 2 aromatic carbocycles. The molecule has 2 aromatic rings. The van der Waals surface area contributed by atoms with Crippen LogP contribution in [-0.2, 0) is 6.42 Å². The van der Waals surface area contributed by atoms with Crippen molar-refractivity contribution in [3.63, 3.8) is 0 Å². The Labute approximate surface area is 163 Å². The average molecular weight is 366 g/mol. The van der Waals surface area contributed by atoms with Crippen molar-refractivity contribution in [1.29, 1.82) is 0 Å². The van der Waals surface area contributed by atoms with Crippen molar-refractivity contribution < 1.29 is 4.79 Å². The molecule has 1 heterocycles. The zero-order valence-electron chi connectivity index (χ0n) is 16.7. The van der Waals surface area contributed by atoms with Crippen LogP contribution >= 0.6 is 0 Å². The second-order valence-corrected chi connectivity index (χ2v) is 7.63. The van der Waals surface area contributed by atoms with Crippen LogP contribution in [0, 0.1) is 0 Å². The van der Waals surface area contributed by atoms with Crippen LogP contribution in [0.15, 0.2) is 48.5 Å². The van der Waals surface area contributed by atoms with E-state index in [0.717, 1.165) is 38.0 Å². The van der Waals surface area contributed by atoms with Gasteiger partial charge in [-0.15, -0.1) is 0 Å². The van der Waals surface area contributed by atoms with E-state index in [1.165, 1.54) is 11.1 Å². The number of amides is 1. The number of nitrogens with one attached hydrogen (secondary N) is 1. The molecular weight excluding hydrogens is 334 g/mol. The second kappa shape index (κ2) is 9.16. The largest absolute Gasteiger partial charge is 0.350 e. The lowest BCUT2D eigenvalue weighted by atomic mass is 10.0. The van der Waals surface area contributed by atoms with Gasteiger partial charge in [0.1, 0.15) is 0 Å². The first-order valence-electron chi connectivity index (χ1n) is 9.93. The van der Waals surface area contributed by atoms with E-state index >= 15 is 0 Å². The molecule has 1 aliphatic heterocycles. The Kier molecular flexibility index (Phi) is 6.64. The van der Waals surface area contributed by atoms with E-state index in [-0.39, 0.29) is 5.91 Å². The minimum atomic E-state index is 0.00136. The molecule has 144 valence electrons. The predicted molar refractivity (Wildman–Crippen MR) is 112 cm³/mol. The number of hydrogen-bond acceptors (Lipinski definition) is 3. The fourth-order valence-corrected chi connectivity index (χ4v) is 3.60. The second-order valence-electron chi connectivity index (χ2n) is 7.63. The average Bonchev–Trinajstić information content (AvgIpc) is 2.69. The van der Waals surface area contributed by atoms with Crippen molar-refractivity contribution in [2.24, 2.45) is 0 Å². The standard InChI is InChI=1S/C23H31N3O/c1-4-5-18-6-8-19(9-7-18)20-10-12-21(13-11-20)23(27)24-16-22-17-25(2)14-15-26(22)3/h6-13,22H,4-5,14-17H2,1-3H3,(H,24,27). The molecule has 0 aliphatic carbocycles. The van der Waals surface area contributed by atoms with E-state index < -0.39 is 0 Å². The smallest absolute Gasteiger partial charge is 0.251 e. The lowest BCUT2D eigenvalue weighted by molar-refractivity contribution is 0.0881. The van der Waals surface area contributed by atoms with E-state index in [1.54, 1.807) is 0 Å². The molecule has 3 rings (SSSR count). The number of hydrogen-bond donors (Lipinski definition) is 1. The number of carbonyl (C=O) groups excluding carboxylic acids is 1. The van der Waals surface area contributed by atoms with Crippen molar-refractivity contribution >= 4 is 5.91 Å². The summed E-state index contributed by atoms with van der Waals surface area (Å²) in [7, 11) is 4.26. The molecule has 1 aliphatic rings. The molecule has 4 nitrogen and oxygen atoms in total. The van der Waals surface area contributed by atoms with Gasteiger partial charge in [-0.25, -0.2) is 0 Å². The monoisotopic (exact) mass is 365 g/mol. The van der Waals surface area contributed by atoms with E-state index in [9.17, 15) is 4.79 Å². The highest BCUT2D eigenvalue weighted by Crippen LogP contribution is 2.21. The van der Waals surface area contributed by atoms with Gasteiger partial charge in [-0.2, -0.15) is 0 Å². The summed E-state index contributed by atoms with van der Waals surface area (Å²) in [6.45, 7) is 6.00. The third-order valence-electron chi connectivity index (χ3n) is 5.45. The Morgan fingerprint density at radius 2 is 1.63 bits per heavy atom. The molecule has 0 saturated carbocycles. The first kappa shape index (κ1) is 19.6. The number of nitrogens with zero attached hydrogens (tertiary/aromatic N) is 2. The van der Waals surface area contributed by atoms with Crippen LogP contribution in [-0.4, -0.2) is 62.0 Å². The van der Waals surface area contributed by atoms with E-state index in [2.05, 4.69) is 60.4 Å². The molecule has 1 N–H and O–H groups in total. The zero-order valence-corrected chi connectivity index (χ0v) is 16.7. The molecule has 1 unspecified atom stereocenters. The number of carbonyl (C=O) groups is 1. The summed E-state index contributed by atoms with van der Waals surface area (Å²) in [5.41, 5.74) is 4.42. The van der Waals surface area contributed by atoms with Crippen LogP contribution in [0.4, 0.5) is 0 Å². The molecule has 1 amide bonds. The van der Waals surface area contributed by atoms with Crippen molar-refractivity contribution in [3.8, 4) is 11.1 Å². The van der Waals surface area contributed by atoms with Crippen molar-refractivity contribution in [2.75, 3.05) is 40.3 Å². The van der Waals surface area contributed by atoms with Crippen LogP contribution in [0.3, 0.4) is 0 Å². The topological polar surface area (TPSA) is 35.6 Å². The van der Waals surface area contributed by atoms with Gasteiger partial charge < -0.3 is 10.2 Å². The fourth-order valence-electron chi connectivity index (χ4n) is 3.60. The van der Waals surface area contributed by atoms with Gasteiger partial charge in [0.2, 0.25) is 0 Å². The maximum absolute atomic E-state index is 12.5. The van der Waals surface area contributed by atoms with Gasteiger partial charge in [0, 0.05) is 37.8 Å². The van der Waals surface area contributed by atoms with Gasteiger partial charge in [-0.1, -0.05) is 49.7 Å². The highest BCUT2D eigenvalue weighted by Gasteiger charge is 2.22. The Bertz CT molecular complexity index is 739. The summed E-state index contributed by atoms with van der Waals surface area (Å²) in [6, 6.07) is 17.0.